The average molecular weight is 545 g/mol. The zero-order valence-electron chi connectivity index (χ0n) is 21.4. The molecule has 0 saturated carbocycles. The lowest BCUT2D eigenvalue weighted by molar-refractivity contribution is -0.140. The van der Waals surface area contributed by atoms with E-state index in [0.29, 0.717) is 22.3 Å². The van der Waals surface area contributed by atoms with Gasteiger partial charge in [0.2, 0.25) is 0 Å². The molecule has 204 valence electrons. The molecule has 0 bridgehead atoms. The summed E-state index contributed by atoms with van der Waals surface area (Å²) in [5.41, 5.74) is 2.89. The zero-order valence-corrected chi connectivity index (χ0v) is 21.4. The molecule has 0 radical (unpaired) electrons. The number of halogens is 1. The number of hydrogen-bond acceptors (Lipinski definition) is 8. The van der Waals surface area contributed by atoms with Gasteiger partial charge in [-0.1, -0.05) is 56.1 Å². The molecule has 3 rings (SSSR count). The largest absolute Gasteiger partial charge is 0.458 e. The van der Waals surface area contributed by atoms with Crippen LogP contribution in [-0.2, 0) is 48.4 Å². The van der Waals surface area contributed by atoms with Crippen LogP contribution in [0.1, 0.15) is 27.0 Å². The monoisotopic (exact) mass is 544 g/mol. The lowest BCUT2D eigenvalue weighted by Crippen LogP contribution is -2.12. The number of hydrogen-bond donors (Lipinski definition) is 0. The second-order valence-electron chi connectivity index (χ2n) is 8.15. The maximum Gasteiger partial charge on any atom is 0.343 e. The Kier molecular flexibility index (Phi) is 10.2. The minimum absolute atomic E-state index is 0.0552. The Morgan fingerprint density at radius 3 is 1.77 bits per heavy atom. The predicted molar refractivity (Wildman–Crippen MR) is 143 cm³/mol. The number of carbonyl (C=O) groups is 4. The molecule has 0 saturated heterocycles. The SMILES string of the molecule is C=CC(=O)OCc1ccc(-c2ccc(OC(=O)c3ccc(COC(=O)C=C)c(COC(=O)C=C)c3)c(F)c2)cc1. The summed E-state index contributed by atoms with van der Waals surface area (Å²) in [4.78, 5) is 47.0. The van der Waals surface area contributed by atoms with Crippen LogP contribution in [0.15, 0.2) is 98.6 Å². The van der Waals surface area contributed by atoms with E-state index in [1.165, 1.54) is 30.3 Å². The number of benzene rings is 3. The lowest BCUT2D eigenvalue weighted by Gasteiger charge is -2.12. The fourth-order valence-corrected chi connectivity index (χ4v) is 3.37. The summed E-state index contributed by atoms with van der Waals surface area (Å²) >= 11 is 0. The van der Waals surface area contributed by atoms with Gasteiger partial charge in [-0.2, -0.15) is 0 Å². The predicted octanol–water partition coefficient (Wildman–Crippen LogP) is 5.40. The van der Waals surface area contributed by atoms with Crippen molar-refractivity contribution in [3.8, 4) is 16.9 Å². The third-order valence-corrected chi connectivity index (χ3v) is 5.48. The van der Waals surface area contributed by atoms with Crippen LogP contribution in [-0.4, -0.2) is 23.9 Å². The van der Waals surface area contributed by atoms with Crippen LogP contribution in [0, 0.1) is 5.82 Å². The smallest absolute Gasteiger partial charge is 0.343 e. The Morgan fingerprint density at radius 2 is 1.20 bits per heavy atom. The Balaban J connectivity index is 1.74. The van der Waals surface area contributed by atoms with E-state index in [1.807, 2.05) is 0 Å². The molecular formula is C31H25FO8. The van der Waals surface area contributed by atoms with Crippen LogP contribution in [0.25, 0.3) is 11.1 Å². The first-order valence-corrected chi connectivity index (χ1v) is 11.8. The fraction of sp³-hybridized carbons (Fsp3) is 0.0968. The maximum atomic E-state index is 14.9. The Hall–Kier alpha value is -5.31. The van der Waals surface area contributed by atoms with Crippen LogP contribution in [0.4, 0.5) is 4.39 Å². The summed E-state index contributed by atoms with van der Waals surface area (Å²) in [5.74, 6) is -3.77. The third kappa shape index (κ3) is 8.09. The standard InChI is InChI=1S/C31H25FO8/c1-4-28(33)37-17-20-7-9-21(10-8-20)22-13-14-27(26(32)16-22)40-31(36)23-11-12-24(18-38-29(34)5-2)25(15-23)19-39-30(35)6-3/h4-16H,1-3,17-19H2. The minimum Gasteiger partial charge on any atom is -0.458 e. The highest BCUT2D eigenvalue weighted by Gasteiger charge is 2.16. The lowest BCUT2D eigenvalue weighted by atomic mass is 10.0. The van der Waals surface area contributed by atoms with E-state index >= 15 is 0 Å². The Bertz CT molecular complexity index is 1460. The summed E-state index contributed by atoms with van der Waals surface area (Å²) in [7, 11) is 0. The maximum absolute atomic E-state index is 14.9. The molecule has 3 aromatic carbocycles. The second kappa shape index (κ2) is 14.0. The van der Waals surface area contributed by atoms with Gasteiger partial charge >= 0.3 is 23.9 Å². The first kappa shape index (κ1) is 29.2. The van der Waals surface area contributed by atoms with Crippen molar-refractivity contribution in [3.05, 3.63) is 127 Å². The van der Waals surface area contributed by atoms with Gasteiger partial charge < -0.3 is 18.9 Å². The quantitative estimate of drug-likeness (QED) is 0.129. The molecule has 0 heterocycles. The second-order valence-corrected chi connectivity index (χ2v) is 8.15. The molecule has 0 aliphatic carbocycles. The molecule has 0 atom stereocenters. The van der Waals surface area contributed by atoms with E-state index in [4.69, 9.17) is 18.9 Å². The zero-order chi connectivity index (χ0) is 29.1. The molecule has 8 nitrogen and oxygen atoms in total. The van der Waals surface area contributed by atoms with E-state index in [1.54, 1.807) is 30.3 Å². The van der Waals surface area contributed by atoms with Gasteiger partial charge in [0.25, 0.3) is 0 Å². The van der Waals surface area contributed by atoms with Crippen molar-refractivity contribution < 1.29 is 42.5 Å². The van der Waals surface area contributed by atoms with Crippen molar-refractivity contribution in [3.63, 3.8) is 0 Å². The normalized spacial score (nSPS) is 10.1. The molecule has 0 aliphatic heterocycles. The van der Waals surface area contributed by atoms with Crippen molar-refractivity contribution in [2.75, 3.05) is 0 Å². The van der Waals surface area contributed by atoms with Crippen molar-refractivity contribution in [2.24, 2.45) is 0 Å². The minimum atomic E-state index is -0.851. The highest BCUT2D eigenvalue weighted by Crippen LogP contribution is 2.27. The van der Waals surface area contributed by atoms with Gasteiger partial charge in [-0.05, 0) is 52.1 Å². The van der Waals surface area contributed by atoms with E-state index in [2.05, 4.69) is 19.7 Å². The van der Waals surface area contributed by atoms with Crippen molar-refractivity contribution >= 4 is 23.9 Å². The number of ether oxygens (including phenoxy) is 4. The van der Waals surface area contributed by atoms with Crippen LogP contribution in [0.3, 0.4) is 0 Å². The Labute approximate surface area is 229 Å². The van der Waals surface area contributed by atoms with Gasteiger partial charge in [-0.3, -0.25) is 0 Å². The van der Waals surface area contributed by atoms with E-state index in [-0.39, 0.29) is 31.1 Å². The van der Waals surface area contributed by atoms with Crippen LogP contribution in [0.5, 0.6) is 5.75 Å². The molecule has 3 aromatic rings. The van der Waals surface area contributed by atoms with Gasteiger partial charge in [-0.15, -0.1) is 0 Å². The van der Waals surface area contributed by atoms with E-state index in [9.17, 15) is 23.6 Å². The van der Waals surface area contributed by atoms with Crippen molar-refractivity contribution in [1.29, 1.82) is 0 Å². The summed E-state index contributed by atoms with van der Waals surface area (Å²) in [6.45, 7) is 9.68. The first-order chi connectivity index (χ1) is 19.2. The van der Waals surface area contributed by atoms with Gasteiger partial charge in [0, 0.05) is 18.2 Å². The molecule has 0 amide bonds. The van der Waals surface area contributed by atoms with Gasteiger partial charge in [0.05, 0.1) is 5.56 Å². The van der Waals surface area contributed by atoms with Crippen molar-refractivity contribution in [2.45, 2.75) is 19.8 Å². The Morgan fingerprint density at radius 1 is 0.650 bits per heavy atom. The average Bonchev–Trinajstić information content (AvgIpc) is 2.98. The van der Waals surface area contributed by atoms with E-state index in [0.717, 1.165) is 23.8 Å². The molecule has 0 aliphatic rings. The number of esters is 4. The van der Waals surface area contributed by atoms with Crippen LogP contribution in [0.2, 0.25) is 0 Å². The summed E-state index contributed by atoms with van der Waals surface area (Å²) in [6.07, 6.45) is 3.06. The molecule has 0 spiro atoms. The summed E-state index contributed by atoms with van der Waals surface area (Å²) < 4.78 is 35.2. The first-order valence-electron chi connectivity index (χ1n) is 11.8. The fourth-order valence-electron chi connectivity index (χ4n) is 3.37. The molecular weight excluding hydrogens is 519 g/mol. The van der Waals surface area contributed by atoms with Crippen LogP contribution < -0.4 is 4.74 Å². The number of rotatable bonds is 12. The summed E-state index contributed by atoms with van der Waals surface area (Å²) in [6, 6.07) is 15.4. The molecule has 0 aromatic heterocycles. The number of carbonyl (C=O) groups excluding carboxylic acids is 4. The third-order valence-electron chi connectivity index (χ3n) is 5.48. The van der Waals surface area contributed by atoms with Gasteiger partial charge in [-0.25, -0.2) is 23.6 Å². The molecule has 9 heteroatoms. The molecule has 0 unspecified atom stereocenters. The van der Waals surface area contributed by atoms with Crippen molar-refractivity contribution in [1.82, 2.24) is 0 Å². The summed E-state index contributed by atoms with van der Waals surface area (Å²) in [5, 5.41) is 0. The van der Waals surface area contributed by atoms with Gasteiger partial charge in [0.15, 0.2) is 11.6 Å². The highest BCUT2D eigenvalue weighted by atomic mass is 19.1. The van der Waals surface area contributed by atoms with Gasteiger partial charge in [0.1, 0.15) is 19.8 Å². The highest BCUT2D eigenvalue weighted by molar-refractivity contribution is 5.91. The molecule has 0 N–H and O–H groups in total. The molecule has 40 heavy (non-hydrogen) atoms. The topological polar surface area (TPSA) is 105 Å². The van der Waals surface area contributed by atoms with E-state index < -0.39 is 29.7 Å². The van der Waals surface area contributed by atoms with Crippen LogP contribution >= 0.6 is 0 Å². The molecule has 0 fully saturated rings.